The van der Waals surface area contributed by atoms with Gasteiger partial charge in [0.25, 0.3) is 5.91 Å². The van der Waals surface area contributed by atoms with Crippen LogP contribution in [0.1, 0.15) is 12.8 Å². The highest BCUT2D eigenvalue weighted by molar-refractivity contribution is 7.89. The van der Waals surface area contributed by atoms with Crippen LogP contribution in [0.15, 0.2) is 47.4 Å². The molecule has 0 saturated carbocycles. The van der Waals surface area contributed by atoms with Gasteiger partial charge in [-0.15, -0.1) is 0 Å². The molecule has 1 aliphatic rings. The van der Waals surface area contributed by atoms with Crippen molar-refractivity contribution in [2.75, 3.05) is 25.0 Å². The third-order valence-electron chi connectivity index (χ3n) is 4.79. The summed E-state index contributed by atoms with van der Waals surface area (Å²) in [6.45, 7) is -0.274. The molecule has 0 atom stereocenters. The summed E-state index contributed by atoms with van der Waals surface area (Å²) < 4.78 is 44.6. The zero-order chi connectivity index (χ0) is 22.6. The van der Waals surface area contributed by atoms with Crippen molar-refractivity contribution in [1.29, 1.82) is 0 Å². The van der Waals surface area contributed by atoms with Crippen LogP contribution >= 0.6 is 23.2 Å². The number of piperidine rings is 1. The van der Waals surface area contributed by atoms with E-state index in [0.29, 0.717) is 15.7 Å². The summed E-state index contributed by atoms with van der Waals surface area (Å²) in [7, 11) is -3.77. The fraction of sp³-hybridized carbons (Fsp3) is 0.300. The van der Waals surface area contributed by atoms with Crippen LogP contribution in [0.4, 0.5) is 10.1 Å². The second kappa shape index (κ2) is 9.95. The van der Waals surface area contributed by atoms with E-state index in [-0.39, 0.29) is 30.8 Å². The molecule has 0 bridgehead atoms. The van der Waals surface area contributed by atoms with Crippen molar-refractivity contribution >= 4 is 50.8 Å². The fourth-order valence-electron chi connectivity index (χ4n) is 3.12. The number of anilines is 1. The molecule has 1 amide bonds. The van der Waals surface area contributed by atoms with E-state index in [4.69, 9.17) is 27.9 Å². The number of benzene rings is 2. The van der Waals surface area contributed by atoms with Gasteiger partial charge in [0.2, 0.25) is 10.0 Å². The van der Waals surface area contributed by atoms with Crippen molar-refractivity contribution in [3.8, 4) is 0 Å². The Morgan fingerprint density at radius 1 is 1.10 bits per heavy atom. The van der Waals surface area contributed by atoms with E-state index in [9.17, 15) is 22.4 Å². The van der Waals surface area contributed by atoms with Gasteiger partial charge in [0.15, 0.2) is 6.61 Å². The Morgan fingerprint density at radius 2 is 1.74 bits per heavy atom. The first-order valence-corrected chi connectivity index (χ1v) is 11.5. The number of carbonyl (C=O) groups is 2. The van der Waals surface area contributed by atoms with Crippen molar-refractivity contribution in [3.05, 3.63) is 58.3 Å². The minimum atomic E-state index is -3.77. The van der Waals surface area contributed by atoms with E-state index in [2.05, 4.69) is 5.32 Å². The Labute approximate surface area is 189 Å². The molecule has 0 aromatic heterocycles. The summed E-state index contributed by atoms with van der Waals surface area (Å²) >= 11 is 11.8. The molecule has 166 valence electrons. The third-order valence-corrected chi connectivity index (χ3v) is 7.26. The summed E-state index contributed by atoms with van der Waals surface area (Å²) in [6, 6.07) is 9.14. The van der Waals surface area contributed by atoms with Crippen LogP contribution in [0, 0.1) is 11.7 Å². The summed E-state index contributed by atoms with van der Waals surface area (Å²) in [4.78, 5) is 24.3. The quantitative estimate of drug-likeness (QED) is 0.625. The molecule has 0 spiro atoms. The first-order chi connectivity index (χ1) is 14.7. The molecular weight excluding hydrogens is 470 g/mol. The van der Waals surface area contributed by atoms with Crippen molar-refractivity contribution in [2.45, 2.75) is 17.7 Å². The molecule has 1 N–H and O–H groups in total. The molecular formula is C20H19Cl2FN2O5S. The molecule has 7 nitrogen and oxygen atoms in total. The number of esters is 1. The highest BCUT2D eigenvalue weighted by atomic mass is 35.5. The molecule has 0 unspecified atom stereocenters. The number of hydrogen-bond donors (Lipinski definition) is 1. The predicted octanol–water partition coefficient (Wildman–Crippen LogP) is 3.72. The van der Waals surface area contributed by atoms with Crippen LogP contribution in [-0.2, 0) is 24.3 Å². The number of ether oxygens (including phenoxy) is 1. The predicted molar refractivity (Wildman–Crippen MR) is 114 cm³/mol. The van der Waals surface area contributed by atoms with Gasteiger partial charge in [0, 0.05) is 18.1 Å². The van der Waals surface area contributed by atoms with E-state index < -0.39 is 40.2 Å². The number of carbonyl (C=O) groups excluding carboxylic acids is 2. The van der Waals surface area contributed by atoms with Crippen LogP contribution < -0.4 is 5.32 Å². The van der Waals surface area contributed by atoms with E-state index in [0.717, 1.165) is 12.1 Å². The fourth-order valence-corrected chi connectivity index (χ4v) is 4.93. The molecule has 1 heterocycles. The van der Waals surface area contributed by atoms with Crippen molar-refractivity contribution in [2.24, 2.45) is 5.92 Å². The Morgan fingerprint density at radius 3 is 2.39 bits per heavy atom. The molecule has 0 aliphatic carbocycles. The molecule has 3 rings (SSSR count). The van der Waals surface area contributed by atoms with Crippen molar-refractivity contribution in [1.82, 2.24) is 4.31 Å². The second-order valence-electron chi connectivity index (χ2n) is 6.91. The smallest absolute Gasteiger partial charge is 0.309 e. The first kappa shape index (κ1) is 23.5. The monoisotopic (exact) mass is 488 g/mol. The van der Waals surface area contributed by atoms with E-state index >= 15 is 0 Å². The zero-order valence-corrected chi connectivity index (χ0v) is 18.5. The standard InChI is InChI=1S/C20H19Cl2FN2O5S/c21-14-1-6-17(22)18(11-14)24-19(26)12-30-20(27)13-7-9-25(10-8-13)31(28,29)16-4-2-15(23)3-5-16/h1-6,11,13H,7-10,12H2,(H,24,26). The molecule has 0 radical (unpaired) electrons. The minimum absolute atomic E-state index is 0.00808. The van der Waals surface area contributed by atoms with Gasteiger partial charge in [-0.3, -0.25) is 9.59 Å². The third kappa shape index (κ3) is 5.94. The van der Waals surface area contributed by atoms with Crippen LogP contribution in [0.3, 0.4) is 0 Å². The average molecular weight is 489 g/mol. The summed E-state index contributed by atoms with van der Waals surface area (Å²) in [5.74, 6) is -2.20. The molecule has 1 aliphatic heterocycles. The minimum Gasteiger partial charge on any atom is -0.455 e. The number of rotatable bonds is 6. The van der Waals surface area contributed by atoms with Gasteiger partial charge in [0.1, 0.15) is 5.82 Å². The zero-order valence-electron chi connectivity index (χ0n) is 16.2. The highest BCUT2D eigenvalue weighted by Gasteiger charge is 2.33. The van der Waals surface area contributed by atoms with Crippen LogP contribution in [0.25, 0.3) is 0 Å². The largest absolute Gasteiger partial charge is 0.455 e. The van der Waals surface area contributed by atoms with Gasteiger partial charge in [-0.25, -0.2) is 12.8 Å². The molecule has 11 heteroatoms. The van der Waals surface area contributed by atoms with E-state index in [1.165, 1.54) is 28.6 Å². The topological polar surface area (TPSA) is 92.8 Å². The lowest BCUT2D eigenvalue weighted by molar-refractivity contribution is -0.152. The number of nitrogens with zero attached hydrogens (tertiary/aromatic N) is 1. The summed E-state index contributed by atoms with van der Waals surface area (Å²) in [5.41, 5.74) is 0.300. The van der Waals surface area contributed by atoms with Gasteiger partial charge in [0.05, 0.1) is 21.5 Å². The van der Waals surface area contributed by atoms with Crippen molar-refractivity contribution in [3.63, 3.8) is 0 Å². The first-order valence-electron chi connectivity index (χ1n) is 9.34. The maximum Gasteiger partial charge on any atom is 0.309 e. The summed E-state index contributed by atoms with van der Waals surface area (Å²) in [5, 5.41) is 3.19. The second-order valence-corrected chi connectivity index (χ2v) is 9.69. The van der Waals surface area contributed by atoms with Gasteiger partial charge in [-0.05, 0) is 55.3 Å². The lowest BCUT2D eigenvalue weighted by Crippen LogP contribution is -2.40. The normalized spacial score (nSPS) is 15.5. The van der Waals surface area contributed by atoms with Gasteiger partial charge >= 0.3 is 5.97 Å². The lowest BCUT2D eigenvalue weighted by atomic mass is 9.98. The van der Waals surface area contributed by atoms with Crippen LogP contribution in [0.2, 0.25) is 10.0 Å². The van der Waals surface area contributed by atoms with Crippen molar-refractivity contribution < 1.29 is 27.1 Å². The molecule has 1 fully saturated rings. The summed E-state index contributed by atoms with van der Waals surface area (Å²) in [6.07, 6.45) is 0.502. The van der Waals surface area contributed by atoms with Crippen LogP contribution in [-0.4, -0.2) is 44.3 Å². The SMILES string of the molecule is O=C(COC(=O)C1CCN(S(=O)(=O)c2ccc(F)cc2)CC1)Nc1cc(Cl)ccc1Cl. The maximum absolute atomic E-state index is 13.0. The van der Waals surface area contributed by atoms with E-state index in [1.807, 2.05) is 0 Å². The number of nitrogens with one attached hydrogen (secondary N) is 1. The van der Waals surface area contributed by atoms with Crippen LogP contribution in [0.5, 0.6) is 0 Å². The number of hydrogen-bond acceptors (Lipinski definition) is 5. The Balaban J connectivity index is 1.49. The molecule has 2 aromatic carbocycles. The Kier molecular flexibility index (Phi) is 7.53. The Bertz CT molecular complexity index is 1070. The molecule has 31 heavy (non-hydrogen) atoms. The van der Waals surface area contributed by atoms with Gasteiger partial charge in [-0.2, -0.15) is 4.31 Å². The van der Waals surface area contributed by atoms with Gasteiger partial charge < -0.3 is 10.1 Å². The number of amides is 1. The molecule has 1 saturated heterocycles. The van der Waals surface area contributed by atoms with Gasteiger partial charge in [-0.1, -0.05) is 23.2 Å². The lowest BCUT2D eigenvalue weighted by Gasteiger charge is -2.30. The highest BCUT2D eigenvalue weighted by Crippen LogP contribution is 2.26. The van der Waals surface area contributed by atoms with E-state index in [1.54, 1.807) is 6.07 Å². The number of halogens is 3. The number of sulfonamides is 1. The molecule has 2 aromatic rings. The Hall–Kier alpha value is -2.20. The average Bonchev–Trinajstić information content (AvgIpc) is 2.75. The maximum atomic E-state index is 13.0.